The number of fused-ring (bicyclic) bond motifs is 3. The third-order valence-corrected chi connectivity index (χ3v) is 5.75. The summed E-state index contributed by atoms with van der Waals surface area (Å²) in [7, 11) is 0. The van der Waals surface area contributed by atoms with Crippen molar-refractivity contribution in [2.45, 2.75) is 12.3 Å². The van der Waals surface area contributed by atoms with Gasteiger partial charge in [-0.2, -0.15) is 0 Å². The van der Waals surface area contributed by atoms with E-state index in [1.807, 2.05) is 18.2 Å². The zero-order chi connectivity index (χ0) is 18.3. The average Bonchev–Trinajstić information content (AvgIpc) is 3.00. The smallest absolute Gasteiger partial charge is 0.0435 e. The molecule has 27 heavy (non-hydrogen) atoms. The Kier molecular flexibility index (Phi) is 3.61. The van der Waals surface area contributed by atoms with E-state index in [0.29, 0.717) is 0 Å². The van der Waals surface area contributed by atoms with Crippen LogP contribution in [0.25, 0.3) is 11.1 Å². The van der Waals surface area contributed by atoms with Crippen LogP contribution in [0.5, 0.6) is 0 Å². The van der Waals surface area contributed by atoms with Crippen molar-refractivity contribution in [1.82, 2.24) is 0 Å². The monoisotopic (exact) mass is 347 g/mol. The van der Waals surface area contributed by atoms with Gasteiger partial charge in [0, 0.05) is 16.8 Å². The fourth-order valence-electron chi connectivity index (χ4n) is 4.34. The molecule has 0 heterocycles. The average molecular weight is 347 g/mol. The van der Waals surface area contributed by atoms with E-state index in [0.717, 1.165) is 11.4 Å². The van der Waals surface area contributed by atoms with Crippen LogP contribution >= 0.6 is 0 Å². The zero-order valence-corrected chi connectivity index (χ0v) is 15.3. The van der Waals surface area contributed by atoms with Gasteiger partial charge in [0.15, 0.2) is 0 Å². The summed E-state index contributed by atoms with van der Waals surface area (Å²) in [6.45, 7) is 2.34. The molecule has 1 N–H and O–H groups in total. The second-order valence-electron chi connectivity index (χ2n) is 7.28. The Morgan fingerprint density at radius 2 is 1.00 bits per heavy atom. The lowest BCUT2D eigenvalue weighted by Crippen LogP contribution is -2.22. The molecule has 1 aliphatic carbocycles. The molecule has 0 aromatic heterocycles. The van der Waals surface area contributed by atoms with Crippen molar-refractivity contribution in [1.29, 1.82) is 0 Å². The maximum Gasteiger partial charge on any atom is 0.0435 e. The fraction of sp³-hybridized carbons (Fsp3) is 0.0769. The molecule has 0 aliphatic heterocycles. The van der Waals surface area contributed by atoms with E-state index in [4.69, 9.17) is 0 Å². The van der Waals surface area contributed by atoms with Crippen molar-refractivity contribution in [3.63, 3.8) is 0 Å². The van der Waals surface area contributed by atoms with Gasteiger partial charge >= 0.3 is 0 Å². The van der Waals surface area contributed by atoms with Gasteiger partial charge in [0.2, 0.25) is 0 Å². The summed E-state index contributed by atoms with van der Waals surface area (Å²) in [5.41, 5.74) is 8.87. The normalized spacial score (nSPS) is 13.7. The largest absolute Gasteiger partial charge is 0.356 e. The van der Waals surface area contributed by atoms with E-state index in [2.05, 4.69) is 97.2 Å². The Hall–Kier alpha value is -3.32. The summed E-state index contributed by atoms with van der Waals surface area (Å²) in [4.78, 5) is 0. The number of benzene rings is 4. The highest BCUT2D eigenvalue weighted by Gasteiger charge is 2.40. The minimum absolute atomic E-state index is 0.127. The molecule has 4 aromatic carbocycles. The minimum atomic E-state index is -0.127. The first kappa shape index (κ1) is 15.9. The van der Waals surface area contributed by atoms with Gasteiger partial charge in [-0.15, -0.1) is 0 Å². The van der Waals surface area contributed by atoms with Crippen molar-refractivity contribution in [2.75, 3.05) is 5.32 Å². The molecule has 0 radical (unpaired) electrons. The molecule has 1 aliphatic rings. The summed E-state index contributed by atoms with van der Waals surface area (Å²) < 4.78 is 0. The Labute approximate surface area is 160 Å². The van der Waals surface area contributed by atoms with E-state index in [1.54, 1.807) is 0 Å². The molecule has 0 saturated heterocycles. The van der Waals surface area contributed by atoms with Crippen molar-refractivity contribution >= 4 is 11.4 Å². The molecule has 0 unspecified atom stereocenters. The van der Waals surface area contributed by atoms with Gasteiger partial charge in [-0.25, -0.2) is 0 Å². The Balaban J connectivity index is 1.58. The molecular formula is C26H21N. The van der Waals surface area contributed by atoms with Gasteiger partial charge in [-0.1, -0.05) is 78.9 Å². The van der Waals surface area contributed by atoms with Crippen molar-refractivity contribution in [3.8, 4) is 11.1 Å². The molecule has 5 rings (SSSR count). The van der Waals surface area contributed by atoms with E-state index < -0.39 is 0 Å². The number of hydrogen-bond acceptors (Lipinski definition) is 1. The van der Waals surface area contributed by atoms with Gasteiger partial charge in [0.1, 0.15) is 0 Å². The van der Waals surface area contributed by atoms with Crippen LogP contribution in [0, 0.1) is 0 Å². The highest BCUT2D eigenvalue weighted by molar-refractivity contribution is 5.83. The summed E-state index contributed by atoms with van der Waals surface area (Å²) in [5, 5.41) is 3.47. The number of rotatable bonds is 3. The molecule has 1 nitrogen and oxygen atoms in total. The predicted octanol–water partition coefficient (Wildman–Crippen LogP) is 6.76. The van der Waals surface area contributed by atoms with Crippen LogP contribution in [0.15, 0.2) is 103 Å². The van der Waals surface area contributed by atoms with Crippen LogP contribution in [0.4, 0.5) is 11.4 Å². The molecule has 0 spiro atoms. The second kappa shape index (κ2) is 6.14. The van der Waals surface area contributed by atoms with Crippen molar-refractivity contribution in [2.24, 2.45) is 0 Å². The fourth-order valence-corrected chi connectivity index (χ4v) is 4.34. The van der Waals surface area contributed by atoms with Gasteiger partial charge in [-0.05, 0) is 59.0 Å². The maximum atomic E-state index is 3.47. The predicted molar refractivity (Wildman–Crippen MR) is 114 cm³/mol. The highest BCUT2D eigenvalue weighted by Crippen LogP contribution is 2.52. The molecule has 0 bridgehead atoms. The number of para-hydroxylation sites is 1. The first-order chi connectivity index (χ1) is 13.3. The van der Waals surface area contributed by atoms with Crippen LogP contribution in [0.2, 0.25) is 0 Å². The standard InChI is InChI=1S/C26H21N/c1-26(19-15-17-21(18-16-19)27-20-9-3-2-4-10-20)24-13-7-5-11-22(24)23-12-6-8-14-25(23)26/h2-18,27H,1H3. The Bertz CT molecular complexity index is 1050. The van der Waals surface area contributed by atoms with E-state index in [-0.39, 0.29) is 5.41 Å². The summed E-state index contributed by atoms with van der Waals surface area (Å²) >= 11 is 0. The van der Waals surface area contributed by atoms with Crippen LogP contribution in [-0.2, 0) is 5.41 Å². The van der Waals surface area contributed by atoms with Gasteiger partial charge < -0.3 is 5.32 Å². The molecule has 0 fully saturated rings. The second-order valence-corrected chi connectivity index (χ2v) is 7.28. The third-order valence-electron chi connectivity index (χ3n) is 5.75. The van der Waals surface area contributed by atoms with Crippen LogP contribution < -0.4 is 5.32 Å². The SMILES string of the molecule is CC1(c2ccc(Nc3ccccc3)cc2)c2ccccc2-c2ccccc21. The lowest BCUT2D eigenvalue weighted by molar-refractivity contribution is 0.714. The van der Waals surface area contributed by atoms with Gasteiger partial charge in [0.05, 0.1) is 0 Å². The maximum absolute atomic E-state index is 3.47. The first-order valence-corrected chi connectivity index (χ1v) is 9.39. The van der Waals surface area contributed by atoms with Crippen LogP contribution in [0.3, 0.4) is 0 Å². The summed E-state index contributed by atoms with van der Waals surface area (Å²) in [6, 6.07) is 36.7. The minimum Gasteiger partial charge on any atom is -0.356 e. The number of anilines is 2. The number of hydrogen-bond donors (Lipinski definition) is 1. The van der Waals surface area contributed by atoms with E-state index >= 15 is 0 Å². The van der Waals surface area contributed by atoms with Gasteiger partial charge in [-0.3, -0.25) is 0 Å². The van der Waals surface area contributed by atoms with Crippen molar-refractivity contribution in [3.05, 3.63) is 120 Å². The van der Waals surface area contributed by atoms with E-state index in [1.165, 1.54) is 27.8 Å². The lowest BCUT2D eigenvalue weighted by Gasteiger charge is -2.28. The molecular weight excluding hydrogens is 326 g/mol. The lowest BCUT2D eigenvalue weighted by atomic mass is 9.74. The van der Waals surface area contributed by atoms with E-state index in [9.17, 15) is 0 Å². The third kappa shape index (κ3) is 2.47. The molecule has 0 amide bonds. The van der Waals surface area contributed by atoms with Crippen LogP contribution in [0.1, 0.15) is 23.6 Å². The Morgan fingerprint density at radius 1 is 0.519 bits per heavy atom. The first-order valence-electron chi connectivity index (χ1n) is 9.39. The number of nitrogens with one attached hydrogen (secondary N) is 1. The molecule has 1 heteroatoms. The molecule has 0 atom stereocenters. The topological polar surface area (TPSA) is 12.0 Å². The molecule has 4 aromatic rings. The van der Waals surface area contributed by atoms with Crippen LogP contribution in [-0.4, -0.2) is 0 Å². The quantitative estimate of drug-likeness (QED) is 0.431. The Morgan fingerprint density at radius 3 is 1.59 bits per heavy atom. The highest BCUT2D eigenvalue weighted by atomic mass is 14.9. The van der Waals surface area contributed by atoms with Gasteiger partial charge in [0.25, 0.3) is 0 Å². The molecule has 0 saturated carbocycles. The summed E-state index contributed by atoms with van der Waals surface area (Å²) in [6.07, 6.45) is 0. The van der Waals surface area contributed by atoms with Crippen molar-refractivity contribution < 1.29 is 0 Å². The zero-order valence-electron chi connectivity index (χ0n) is 15.3. The summed E-state index contributed by atoms with van der Waals surface area (Å²) in [5.74, 6) is 0. The molecule has 130 valence electrons.